The van der Waals surface area contributed by atoms with Crippen molar-refractivity contribution >= 4 is 32.9 Å². The number of hydrogen-bond donors (Lipinski definition) is 2. The molecule has 2 atom stereocenters. The molecule has 0 bridgehead atoms. The monoisotopic (exact) mass is 636 g/mol. The number of rotatable bonds is 6. The third-order valence-corrected chi connectivity index (χ3v) is 9.88. The maximum atomic E-state index is 5.92. The number of aromatic nitrogens is 4. The summed E-state index contributed by atoms with van der Waals surface area (Å²) in [6.07, 6.45) is 0.487. The number of pyridine rings is 2. The summed E-state index contributed by atoms with van der Waals surface area (Å²) in [6.45, 7) is 18.2. The zero-order valence-electron chi connectivity index (χ0n) is 26.6. The van der Waals surface area contributed by atoms with Gasteiger partial charge in [0.2, 0.25) is 0 Å². The molecule has 0 aromatic carbocycles. The van der Waals surface area contributed by atoms with Crippen molar-refractivity contribution < 1.29 is 9.47 Å². The molecule has 6 heterocycles. The molecule has 44 heavy (non-hydrogen) atoms. The Kier molecular flexibility index (Phi) is 10.6. The second-order valence-electron chi connectivity index (χ2n) is 11.5. The Labute approximate surface area is 268 Å². The van der Waals surface area contributed by atoms with Crippen LogP contribution in [0.25, 0.3) is 20.9 Å². The summed E-state index contributed by atoms with van der Waals surface area (Å²) in [6, 6.07) is 8.41. The van der Waals surface area contributed by atoms with E-state index in [2.05, 4.69) is 57.9 Å². The second kappa shape index (κ2) is 14.4. The van der Waals surface area contributed by atoms with E-state index in [0.29, 0.717) is 13.1 Å². The van der Waals surface area contributed by atoms with Gasteiger partial charge in [-0.2, -0.15) is 0 Å². The van der Waals surface area contributed by atoms with Gasteiger partial charge in [0.1, 0.15) is 0 Å². The number of hydrogen-bond acceptors (Lipinski definition) is 12. The van der Waals surface area contributed by atoms with Crippen LogP contribution < -0.4 is 21.3 Å². The van der Waals surface area contributed by atoms with Crippen LogP contribution in [0.15, 0.2) is 24.3 Å². The van der Waals surface area contributed by atoms with Crippen LogP contribution >= 0.6 is 22.7 Å². The van der Waals surface area contributed by atoms with Gasteiger partial charge in [0.15, 0.2) is 10.3 Å². The Morgan fingerprint density at radius 3 is 1.34 bits per heavy atom. The van der Waals surface area contributed by atoms with Crippen molar-refractivity contribution in [3.63, 3.8) is 0 Å². The molecule has 2 aliphatic rings. The first-order valence-corrected chi connectivity index (χ1v) is 16.8. The Bertz CT molecular complexity index is 1420. The summed E-state index contributed by atoms with van der Waals surface area (Å²) in [5, 5.41) is 2.08. The predicted octanol–water partition coefficient (Wildman–Crippen LogP) is 5.01. The molecule has 10 nitrogen and oxygen atoms in total. The van der Waals surface area contributed by atoms with Gasteiger partial charge in [-0.05, 0) is 76.9 Å². The summed E-state index contributed by atoms with van der Waals surface area (Å²) in [5.41, 5.74) is 20.2. The van der Waals surface area contributed by atoms with Crippen LogP contribution in [-0.4, -0.2) is 71.5 Å². The molecule has 2 aliphatic heterocycles. The molecule has 236 valence electrons. The SMILES string of the molecule is Cc1cc(-c2sc(N3CCOC(C)C3)nc2CN)cc(C)n1.Cc1cc(-c2sc(N3CCOC(C)C3)nc2CN)cc(C)n1. The fourth-order valence-corrected chi connectivity index (χ4v) is 7.82. The molecule has 4 aromatic heterocycles. The first kappa shape index (κ1) is 32.4. The lowest BCUT2D eigenvalue weighted by molar-refractivity contribution is 0.0530. The van der Waals surface area contributed by atoms with Crippen LogP contribution in [0.3, 0.4) is 0 Å². The second-order valence-corrected chi connectivity index (χ2v) is 13.4. The third-order valence-electron chi connectivity index (χ3n) is 7.47. The summed E-state index contributed by atoms with van der Waals surface area (Å²) in [4.78, 5) is 25.3. The van der Waals surface area contributed by atoms with Crippen molar-refractivity contribution in [3.8, 4) is 20.9 Å². The number of nitrogens with two attached hydrogens (primary N) is 2. The highest BCUT2D eigenvalue weighted by Crippen LogP contribution is 2.37. The van der Waals surface area contributed by atoms with E-state index >= 15 is 0 Å². The summed E-state index contributed by atoms with van der Waals surface area (Å²) in [5.74, 6) is 0. The topological polar surface area (TPSA) is 129 Å². The van der Waals surface area contributed by atoms with E-state index in [1.54, 1.807) is 22.7 Å². The van der Waals surface area contributed by atoms with E-state index in [0.717, 1.165) is 105 Å². The minimum absolute atomic E-state index is 0.243. The fraction of sp³-hybridized carbons (Fsp3) is 0.500. The minimum Gasteiger partial charge on any atom is -0.375 e. The molecular weight excluding hydrogens is 593 g/mol. The van der Waals surface area contributed by atoms with Crippen LogP contribution in [0, 0.1) is 27.7 Å². The van der Waals surface area contributed by atoms with E-state index in [-0.39, 0.29) is 12.2 Å². The quantitative estimate of drug-likeness (QED) is 0.298. The first-order valence-electron chi connectivity index (χ1n) is 15.2. The average molecular weight is 637 g/mol. The zero-order chi connectivity index (χ0) is 31.4. The van der Waals surface area contributed by atoms with Gasteiger partial charge in [-0.3, -0.25) is 9.97 Å². The van der Waals surface area contributed by atoms with Gasteiger partial charge < -0.3 is 30.7 Å². The average Bonchev–Trinajstić information content (AvgIpc) is 3.62. The lowest BCUT2D eigenvalue weighted by atomic mass is 10.1. The summed E-state index contributed by atoms with van der Waals surface area (Å²) >= 11 is 3.43. The molecule has 0 radical (unpaired) electrons. The Morgan fingerprint density at radius 2 is 1.02 bits per heavy atom. The van der Waals surface area contributed by atoms with Crippen LogP contribution in [0.5, 0.6) is 0 Å². The standard InChI is InChI=1S/2C16H22N4OS/c2*1-10-6-13(7-11(2)18-10)15-14(8-17)19-16(22-15)20-4-5-21-12(3)9-20/h2*6-7,12H,4-5,8-9,17H2,1-3H3. The number of aryl methyl sites for hydroxylation is 4. The molecule has 0 spiro atoms. The van der Waals surface area contributed by atoms with Crippen LogP contribution in [0.4, 0.5) is 10.3 Å². The number of morpholine rings is 2. The molecule has 12 heteroatoms. The van der Waals surface area contributed by atoms with Crippen LogP contribution in [-0.2, 0) is 22.6 Å². The van der Waals surface area contributed by atoms with Crippen molar-refractivity contribution in [1.82, 2.24) is 19.9 Å². The van der Waals surface area contributed by atoms with E-state index in [4.69, 9.17) is 30.9 Å². The minimum atomic E-state index is 0.243. The normalized spacial score (nSPS) is 18.7. The van der Waals surface area contributed by atoms with E-state index in [9.17, 15) is 0 Å². The maximum absolute atomic E-state index is 5.92. The van der Waals surface area contributed by atoms with Crippen molar-refractivity contribution in [2.45, 2.75) is 66.8 Å². The highest BCUT2D eigenvalue weighted by molar-refractivity contribution is 7.19. The summed E-state index contributed by atoms with van der Waals surface area (Å²) in [7, 11) is 0. The van der Waals surface area contributed by atoms with Crippen molar-refractivity contribution in [3.05, 3.63) is 58.4 Å². The van der Waals surface area contributed by atoms with Crippen molar-refractivity contribution in [1.29, 1.82) is 0 Å². The number of thiazole rings is 2. The number of nitrogens with zero attached hydrogens (tertiary/aromatic N) is 6. The number of ether oxygens (including phenoxy) is 2. The maximum Gasteiger partial charge on any atom is 0.186 e. The summed E-state index contributed by atoms with van der Waals surface area (Å²) < 4.78 is 11.2. The first-order chi connectivity index (χ1) is 21.1. The van der Waals surface area contributed by atoms with Gasteiger partial charge in [-0.1, -0.05) is 22.7 Å². The molecule has 2 unspecified atom stereocenters. The molecular formula is C32H44N8O2S2. The van der Waals surface area contributed by atoms with Gasteiger partial charge in [0.25, 0.3) is 0 Å². The highest BCUT2D eigenvalue weighted by atomic mass is 32.1. The predicted molar refractivity (Wildman–Crippen MR) is 181 cm³/mol. The van der Waals surface area contributed by atoms with Crippen LogP contribution in [0.2, 0.25) is 0 Å². The lowest BCUT2D eigenvalue weighted by Gasteiger charge is -2.30. The fourth-order valence-electron chi connectivity index (χ4n) is 5.59. The van der Waals surface area contributed by atoms with Crippen LogP contribution in [0.1, 0.15) is 48.0 Å². The molecule has 2 saturated heterocycles. The molecule has 2 fully saturated rings. The molecule has 0 saturated carbocycles. The largest absolute Gasteiger partial charge is 0.375 e. The zero-order valence-corrected chi connectivity index (χ0v) is 28.2. The Morgan fingerprint density at radius 1 is 0.659 bits per heavy atom. The Hall–Kier alpha value is -3.00. The molecule has 0 amide bonds. The van der Waals surface area contributed by atoms with E-state index in [1.807, 2.05) is 27.7 Å². The van der Waals surface area contributed by atoms with Gasteiger partial charge in [-0.25, -0.2) is 9.97 Å². The van der Waals surface area contributed by atoms with Gasteiger partial charge >= 0.3 is 0 Å². The van der Waals surface area contributed by atoms with E-state index < -0.39 is 0 Å². The molecule has 4 aromatic rings. The lowest BCUT2D eigenvalue weighted by Crippen LogP contribution is -2.41. The van der Waals surface area contributed by atoms with Gasteiger partial charge in [0.05, 0.1) is 46.6 Å². The van der Waals surface area contributed by atoms with Gasteiger partial charge in [0, 0.05) is 62.0 Å². The molecule has 4 N–H and O–H groups in total. The highest BCUT2D eigenvalue weighted by Gasteiger charge is 2.23. The van der Waals surface area contributed by atoms with Gasteiger partial charge in [-0.15, -0.1) is 0 Å². The third kappa shape index (κ3) is 7.79. The Balaban J connectivity index is 0.000000175. The van der Waals surface area contributed by atoms with Crippen molar-refractivity contribution in [2.24, 2.45) is 11.5 Å². The molecule has 6 rings (SSSR count). The van der Waals surface area contributed by atoms with E-state index in [1.165, 1.54) is 0 Å². The van der Waals surface area contributed by atoms with Crippen molar-refractivity contribution in [2.75, 3.05) is 49.2 Å². The molecule has 0 aliphatic carbocycles. The smallest absolute Gasteiger partial charge is 0.186 e. The number of anilines is 2.